The van der Waals surface area contributed by atoms with Crippen molar-refractivity contribution in [3.63, 3.8) is 0 Å². The number of thioether (sulfide) groups is 1. The third kappa shape index (κ3) is 4.58. The summed E-state index contributed by atoms with van der Waals surface area (Å²) in [4.78, 5) is 22.6. The number of nitrogens with zero attached hydrogens (tertiary/aromatic N) is 2. The molecule has 0 saturated carbocycles. The summed E-state index contributed by atoms with van der Waals surface area (Å²) < 4.78 is 0. The number of fused-ring (bicyclic) bond motifs is 1. The topological polar surface area (TPSA) is 54.9 Å². The minimum Gasteiger partial charge on any atom is -0.353 e. The second-order valence-electron chi connectivity index (χ2n) is 5.89. The van der Waals surface area contributed by atoms with Gasteiger partial charge in [0.2, 0.25) is 5.91 Å². The van der Waals surface area contributed by atoms with Gasteiger partial charge in [0.05, 0.1) is 16.1 Å². The maximum Gasteiger partial charge on any atom is 0.230 e. The molecule has 2 aromatic heterocycles. The number of aromatic nitrogens is 2. The van der Waals surface area contributed by atoms with Crippen LogP contribution < -0.4 is 5.32 Å². The second kappa shape index (κ2) is 8.45. The number of thiophene rings is 1. The molecule has 6 heteroatoms. The molecule has 0 fully saturated rings. The highest BCUT2D eigenvalue weighted by Crippen LogP contribution is 2.29. The van der Waals surface area contributed by atoms with Crippen molar-refractivity contribution in [2.75, 3.05) is 5.75 Å². The number of hydrogen-bond acceptors (Lipinski definition) is 5. The van der Waals surface area contributed by atoms with E-state index >= 15 is 0 Å². The molecule has 0 aliphatic heterocycles. The van der Waals surface area contributed by atoms with Crippen LogP contribution in [0.4, 0.5) is 0 Å². The summed E-state index contributed by atoms with van der Waals surface area (Å²) in [5.41, 5.74) is 0.906. The molecule has 3 rings (SSSR count). The first-order chi connectivity index (χ1) is 12.2. The van der Waals surface area contributed by atoms with E-state index in [4.69, 9.17) is 4.98 Å². The van der Waals surface area contributed by atoms with E-state index < -0.39 is 0 Å². The fourth-order valence-corrected chi connectivity index (χ4v) is 4.12. The summed E-state index contributed by atoms with van der Waals surface area (Å²) in [7, 11) is 0. The lowest BCUT2D eigenvalue weighted by Crippen LogP contribution is -2.33. The minimum absolute atomic E-state index is 0.0475. The smallest absolute Gasteiger partial charge is 0.230 e. The number of amides is 1. The van der Waals surface area contributed by atoms with Gasteiger partial charge < -0.3 is 5.32 Å². The standard InChI is InChI=1S/C19H21N3OS2/c1-3-7-13(2)20-17(23)12-25-19-14-8-4-5-9-15(14)21-18(22-19)16-10-6-11-24-16/h4-6,8-11,13H,3,7,12H2,1-2H3,(H,20,23)/t13-/m1/s1. The Balaban J connectivity index is 1.81. The number of carbonyl (C=O) groups is 1. The van der Waals surface area contributed by atoms with Crippen molar-refractivity contribution < 1.29 is 4.79 Å². The van der Waals surface area contributed by atoms with Gasteiger partial charge in [0.15, 0.2) is 5.82 Å². The van der Waals surface area contributed by atoms with Crippen molar-refractivity contribution in [2.45, 2.75) is 37.8 Å². The van der Waals surface area contributed by atoms with Gasteiger partial charge in [-0.25, -0.2) is 9.97 Å². The van der Waals surface area contributed by atoms with Crippen molar-refractivity contribution in [2.24, 2.45) is 0 Å². The molecule has 4 nitrogen and oxygen atoms in total. The van der Waals surface area contributed by atoms with Crippen LogP contribution in [0.25, 0.3) is 21.6 Å². The molecular formula is C19H21N3OS2. The van der Waals surface area contributed by atoms with E-state index in [2.05, 4.69) is 17.2 Å². The van der Waals surface area contributed by atoms with Gasteiger partial charge in [-0.3, -0.25) is 4.79 Å². The predicted molar refractivity (Wildman–Crippen MR) is 106 cm³/mol. The first-order valence-corrected chi connectivity index (χ1v) is 10.3. The molecule has 3 aromatic rings. The average molecular weight is 372 g/mol. The van der Waals surface area contributed by atoms with E-state index in [1.165, 1.54) is 11.8 Å². The Hall–Kier alpha value is -1.92. The van der Waals surface area contributed by atoms with Gasteiger partial charge in [0, 0.05) is 11.4 Å². The van der Waals surface area contributed by atoms with Crippen LogP contribution in [0.2, 0.25) is 0 Å². The molecule has 0 saturated heterocycles. The molecule has 1 aromatic carbocycles. The Morgan fingerprint density at radius 3 is 2.84 bits per heavy atom. The van der Waals surface area contributed by atoms with Crippen LogP contribution in [-0.4, -0.2) is 27.7 Å². The molecule has 1 N–H and O–H groups in total. The number of rotatable bonds is 7. The van der Waals surface area contributed by atoms with Crippen LogP contribution >= 0.6 is 23.1 Å². The highest BCUT2D eigenvalue weighted by atomic mass is 32.2. The zero-order chi connectivity index (χ0) is 17.6. The second-order valence-corrected chi connectivity index (χ2v) is 7.80. The highest BCUT2D eigenvalue weighted by Gasteiger charge is 2.13. The average Bonchev–Trinajstić information content (AvgIpc) is 3.14. The van der Waals surface area contributed by atoms with Crippen molar-refractivity contribution in [3.8, 4) is 10.7 Å². The Kier molecular flexibility index (Phi) is 6.04. The summed E-state index contributed by atoms with van der Waals surface area (Å²) >= 11 is 3.09. The largest absolute Gasteiger partial charge is 0.353 e. The van der Waals surface area contributed by atoms with Gasteiger partial charge in [-0.15, -0.1) is 11.3 Å². The maximum absolute atomic E-state index is 12.2. The van der Waals surface area contributed by atoms with Gasteiger partial charge in [0.1, 0.15) is 5.03 Å². The number of carbonyl (C=O) groups excluding carboxylic acids is 1. The van der Waals surface area contributed by atoms with Gasteiger partial charge in [-0.2, -0.15) is 0 Å². The predicted octanol–water partition coefficient (Wildman–Crippen LogP) is 4.76. The monoisotopic (exact) mass is 371 g/mol. The summed E-state index contributed by atoms with van der Waals surface area (Å²) in [6, 6.07) is 12.2. The zero-order valence-corrected chi connectivity index (χ0v) is 16.0. The Morgan fingerprint density at radius 1 is 1.24 bits per heavy atom. The number of hydrogen-bond donors (Lipinski definition) is 1. The van der Waals surface area contributed by atoms with Gasteiger partial charge >= 0.3 is 0 Å². The molecule has 2 heterocycles. The molecule has 0 unspecified atom stereocenters. The molecule has 0 aliphatic carbocycles. The molecule has 0 bridgehead atoms. The lowest BCUT2D eigenvalue weighted by Gasteiger charge is -2.13. The van der Waals surface area contributed by atoms with E-state index in [0.29, 0.717) is 5.75 Å². The van der Waals surface area contributed by atoms with Gasteiger partial charge in [-0.1, -0.05) is 49.4 Å². The van der Waals surface area contributed by atoms with Crippen LogP contribution in [0.1, 0.15) is 26.7 Å². The molecular weight excluding hydrogens is 350 g/mol. The zero-order valence-electron chi connectivity index (χ0n) is 14.4. The number of nitrogens with one attached hydrogen (secondary N) is 1. The van der Waals surface area contributed by atoms with Gasteiger partial charge in [-0.05, 0) is 30.9 Å². The summed E-state index contributed by atoms with van der Waals surface area (Å²) in [5.74, 6) is 1.13. The number of para-hydroxylation sites is 1. The van der Waals surface area contributed by atoms with E-state index in [1.807, 2.05) is 48.7 Å². The van der Waals surface area contributed by atoms with Crippen LogP contribution in [0.5, 0.6) is 0 Å². The highest BCUT2D eigenvalue weighted by molar-refractivity contribution is 8.00. The first kappa shape index (κ1) is 17.9. The third-order valence-electron chi connectivity index (χ3n) is 3.78. The Labute approximate surface area is 156 Å². The summed E-state index contributed by atoms with van der Waals surface area (Å²) in [5, 5.41) is 6.90. The fourth-order valence-electron chi connectivity index (χ4n) is 2.63. The van der Waals surface area contributed by atoms with Crippen molar-refractivity contribution >= 4 is 39.9 Å². The third-order valence-corrected chi connectivity index (χ3v) is 5.64. The molecule has 0 spiro atoms. The summed E-state index contributed by atoms with van der Waals surface area (Å²) in [6.07, 6.45) is 2.06. The van der Waals surface area contributed by atoms with Crippen molar-refractivity contribution in [1.82, 2.24) is 15.3 Å². The Morgan fingerprint density at radius 2 is 2.08 bits per heavy atom. The van der Waals surface area contributed by atoms with Crippen molar-refractivity contribution in [1.29, 1.82) is 0 Å². The van der Waals surface area contributed by atoms with Crippen LogP contribution in [0.15, 0.2) is 46.8 Å². The maximum atomic E-state index is 12.2. The molecule has 0 aliphatic rings. The SMILES string of the molecule is CCC[C@@H](C)NC(=O)CSc1nc(-c2cccs2)nc2ccccc12. The minimum atomic E-state index is 0.0475. The summed E-state index contributed by atoms with van der Waals surface area (Å²) in [6.45, 7) is 4.16. The fraction of sp³-hybridized carbons (Fsp3) is 0.316. The molecule has 130 valence electrons. The molecule has 0 radical (unpaired) electrons. The quantitative estimate of drug-likeness (QED) is 0.481. The van der Waals surface area contributed by atoms with E-state index in [0.717, 1.165) is 39.5 Å². The molecule has 25 heavy (non-hydrogen) atoms. The normalized spacial score (nSPS) is 12.2. The lowest BCUT2D eigenvalue weighted by atomic mass is 10.2. The van der Waals surface area contributed by atoms with Crippen LogP contribution in [-0.2, 0) is 4.79 Å². The van der Waals surface area contributed by atoms with E-state index in [9.17, 15) is 4.79 Å². The van der Waals surface area contributed by atoms with Gasteiger partial charge in [0.25, 0.3) is 0 Å². The first-order valence-electron chi connectivity index (χ1n) is 8.40. The van der Waals surface area contributed by atoms with Crippen LogP contribution in [0, 0.1) is 0 Å². The lowest BCUT2D eigenvalue weighted by molar-refractivity contribution is -0.119. The van der Waals surface area contributed by atoms with E-state index in [-0.39, 0.29) is 11.9 Å². The molecule has 1 amide bonds. The van der Waals surface area contributed by atoms with Crippen molar-refractivity contribution in [3.05, 3.63) is 41.8 Å². The molecule has 1 atom stereocenters. The Bertz CT molecular complexity index is 849. The van der Waals surface area contributed by atoms with E-state index in [1.54, 1.807) is 11.3 Å². The van der Waals surface area contributed by atoms with Crippen LogP contribution in [0.3, 0.4) is 0 Å². The number of benzene rings is 1.